The third-order valence-electron chi connectivity index (χ3n) is 5.84. The van der Waals surface area contributed by atoms with Crippen molar-refractivity contribution >= 4 is 11.7 Å². The van der Waals surface area contributed by atoms with Gasteiger partial charge in [0.15, 0.2) is 11.5 Å². The van der Waals surface area contributed by atoms with Crippen molar-refractivity contribution in [3.8, 4) is 17.2 Å². The van der Waals surface area contributed by atoms with Crippen molar-refractivity contribution < 1.29 is 19.0 Å². The Labute approximate surface area is 195 Å². The first-order valence-electron chi connectivity index (χ1n) is 11.1. The molecule has 1 saturated heterocycles. The van der Waals surface area contributed by atoms with E-state index >= 15 is 0 Å². The van der Waals surface area contributed by atoms with Gasteiger partial charge in [0.25, 0.3) is 0 Å². The number of nitrogens with zero attached hydrogens (tertiary/aromatic N) is 2. The van der Waals surface area contributed by atoms with Crippen molar-refractivity contribution in [1.82, 2.24) is 4.90 Å². The van der Waals surface area contributed by atoms with Crippen LogP contribution in [0.25, 0.3) is 0 Å². The quantitative estimate of drug-likeness (QED) is 0.463. The monoisotopic (exact) mass is 446 g/mol. The van der Waals surface area contributed by atoms with Crippen molar-refractivity contribution in [1.29, 1.82) is 0 Å². The Balaban J connectivity index is 1.44. The van der Waals surface area contributed by atoms with Crippen molar-refractivity contribution in [3.63, 3.8) is 0 Å². The lowest BCUT2D eigenvalue weighted by molar-refractivity contribution is 0.192. The van der Waals surface area contributed by atoms with Crippen LogP contribution in [0.4, 0.5) is 10.5 Å². The molecule has 2 amide bonds. The van der Waals surface area contributed by atoms with Gasteiger partial charge in [-0.1, -0.05) is 36.4 Å². The number of carbonyl (C=O) groups excluding carboxylic acids is 1. The largest absolute Gasteiger partial charge is 0.493 e. The molecular weight excluding hydrogens is 416 g/mol. The van der Waals surface area contributed by atoms with Gasteiger partial charge in [0.2, 0.25) is 0 Å². The Morgan fingerprint density at radius 2 is 1.58 bits per heavy atom. The molecule has 0 N–H and O–H groups in total. The van der Waals surface area contributed by atoms with Crippen molar-refractivity contribution in [3.05, 3.63) is 83.4 Å². The Hall–Kier alpha value is -3.67. The molecule has 0 saturated carbocycles. The third kappa shape index (κ3) is 5.22. The number of amides is 2. The van der Waals surface area contributed by atoms with Gasteiger partial charge in [-0.2, -0.15) is 0 Å². The average Bonchev–Trinajstić information content (AvgIpc) is 2.85. The zero-order chi connectivity index (χ0) is 23.2. The maximum absolute atomic E-state index is 13.3. The fraction of sp³-hybridized carbons (Fsp3) is 0.296. The summed E-state index contributed by atoms with van der Waals surface area (Å²) in [7, 11) is 3.23. The first kappa shape index (κ1) is 22.5. The predicted octanol–water partition coefficient (Wildman–Crippen LogP) is 5.42. The van der Waals surface area contributed by atoms with E-state index < -0.39 is 0 Å². The molecular formula is C27H30N2O4. The maximum atomic E-state index is 13.3. The summed E-state index contributed by atoms with van der Waals surface area (Å²) in [6, 6.07) is 21.8. The van der Waals surface area contributed by atoms with E-state index in [1.807, 2.05) is 83.5 Å². The molecule has 3 aromatic rings. The highest BCUT2D eigenvalue weighted by Crippen LogP contribution is 2.30. The highest BCUT2D eigenvalue weighted by atomic mass is 16.5. The average molecular weight is 447 g/mol. The molecule has 33 heavy (non-hydrogen) atoms. The van der Waals surface area contributed by atoms with Crippen LogP contribution in [0.1, 0.15) is 23.1 Å². The number of aryl methyl sites for hydroxylation is 1. The molecule has 0 unspecified atom stereocenters. The Kier molecular flexibility index (Phi) is 7.03. The summed E-state index contributed by atoms with van der Waals surface area (Å²) in [4.78, 5) is 17.0. The number of hydrogen-bond acceptors (Lipinski definition) is 4. The van der Waals surface area contributed by atoms with Gasteiger partial charge in [0.05, 0.1) is 14.2 Å². The van der Waals surface area contributed by atoms with Crippen LogP contribution in [0.3, 0.4) is 0 Å². The van der Waals surface area contributed by atoms with Crippen molar-refractivity contribution in [2.75, 3.05) is 32.2 Å². The number of methoxy groups -OCH3 is 2. The SMILES string of the molecule is COc1ccc(CN2CCCN(c3ccc(OCc4ccccc4)c(C)c3)C2=O)cc1OC. The molecule has 6 nitrogen and oxygen atoms in total. The van der Waals surface area contributed by atoms with Crippen LogP contribution in [0.2, 0.25) is 0 Å². The van der Waals surface area contributed by atoms with Crippen LogP contribution < -0.4 is 19.1 Å². The normalized spacial score (nSPS) is 13.7. The van der Waals surface area contributed by atoms with Crippen LogP contribution in [0.5, 0.6) is 17.2 Å². The molecule has 172 valence electrons. The van der Waals surface area contributed by atoms with Crippen LogP contribution in [0.15, 0.2) is 66.7 Å². The Morgan fingerprint density at radius 3 is 2.30 bits per heavy atom. The van der Waals surface area contributed by atoms with Crippen LogP contribution in [0, 0.1) is 6.92 Å². The minimum Gasteiger partial charge on any atom is -0.493 e. The van der Waals surface area contributed by atoms with Crippen LogP contribution >= 0.6 is 0 Å². The second-order valence-electron chi connectivity index (χ2n) is 8.12. The molecule has 1 aliphatic rings. The minimum absolute atomic E-state index is 0.00777. The summed E-state index contributed by atoms with van der Waals surface area (Å²) in [5, 5.41) is 0. The van der Waals surface area contributed by atoms with E-state index in [2.05, 4.69) is 0 Å². The summed E-state index contributed by atoms with van der Waals surface area (Å²) in [6.07, 6.45) is 0.907. The molecule has 1 aliphatic heterocycles. The second kappa shape index (κ2) is 10.3. The van der Waals surface area contributed by atoms with Crippen molar-refractivity contribution in [2.45, 2.75) is 26.5 Å². The number of urea groups is 1. The van der Waals surface area contributed by atoms with Gasteiger partial charge in [0.1, 0.15) is 12.4 Å². The van der Waals surface area contributed by atoms with Gasteiger partial charge in [0, 0.05) is 25.3 Å². The van der Waals surface area contributed by atoms with E-state index in [4.69, 9.17) is 14.2 Å². The topological polar surface area (TPSA) is 51.2 Å². The summed E-state index contributed by atoms with van der Waals surface area (Å²) in [5.74, 6) is 2.17. The molecule has 6 heteroatoms. The molecule has 4 rings (SSSR count). The van der Waals surface area contributed by atoms with Gasteiger partial charge in [-0.3, -0.25) is 4.90 Å². The van der Waals surface area contributed by atoms with Gasteiger partial charge in [-0.25, -0.2) is 4.79 Å². The number of anilines is 1. The summed E-state index contributed by atoms with van der Waals surface area (Å²) in [6.45, 7) is 4.47. The van der Waals surface area contributed by atoms with E-state index in [1.165, 1.54) is 0 Å². The zero-order valence-electron chi connectivity index (χ0n) is 19.4. The molecule has 0 atom stereocenters. The summed E-state index contributed by atoms with van der Waals surface area (Å²) < 4.78 is 16.7. The smallest absolute Gasteiger partial charge is 0.324 e. The molecule has 0 spiro atoms. The standard InChI is InChI=1S/C27H30N2O4/c1-20-16-23(11-13-24(20)33-19-21-8-5-4-6-9-21)29-15-7-14-28(27(29)30)18-22-10-12-25(31-2)26(17-22)32-3/h4-6,8-13,16-17H,7,14-15,18-19H2,1-3H3. The number of ether oxygens (including phenoxy) is 3. The van der Waals surface area contributed by atoms with Gasteiger partial charge < -0.3 is 19.1 Å². The fourth-order valence-corrected chi connectivity index (χ4v) is 4.07. The maximum Gasteiger partial charge on any atom is 0.324 e. The van der Waals surface area contributed by atoms with Crippen molar-refractivity contribution in [2.24, 2.45) is 0 Å². The van der Waals surface area contributed by atoms with E-state index in [9.17, 15) is 4.79 Å². The molecule has 1 fully saturated rings. The van der Waals surface area contributed by atoms with E-state index in [-0.39, 0.29) is 6.03 Å². The molecule has 0 aromatic heterocycles. The fourth-order valence-electron chi connectivity index (χ4n) is 4.07. The highest BCUT2D eigenvalue weighted by molar-refractivity contribution is 5.93. The summed E-state index contributed by atoms with van der Waals surface area (Å²) in [5.41, 5.74) is 4.02. The lowest BCUT2D eigenvalue weighted by atomic mass is 10.1. The molecule has 0 bridgehead atoms. The highest BCUT2D eigenvalue weighted by Gasteiger charge is 2.27. The van der Waals surface area contributed by atoms with E-state index in [1.54, 1.807) is 14.2 Å². The predicted molar refractivity (Wildman–Crippen MR) is 129 cm³/mol. The first-order chi connectivity index (χ1) is 16.1. The number of hydrogen-bond donors (Lipinski definition) is 0. The van der Waals surface area contributed by atoms with Gasteiger partial charge >= 0.3 is 6.03 Å². The lowest BCUT2D eigenvalue weighted by Crippen LogP contribution is -2.49. The van der Waals surface area contributed by atoms with Gasteiger partial charge in [-0.05, 0) is 60.4 Å². The molecule has 1 heterocycles. The van der Waals surface area contributed by atoms with E-state index in [0.717, 1.165) is 41.1 Å². The minimum atomic E-state index is 0.00777. The molecule has 0 aliphatic carbocycles. The molecule has 3 aromatic carbocycles. The zero-order valence-corrected chi connectivity index (χ0v) is 19.4. The Bertz CT molecular complexity index is 1100. The Morgan fingerprint density at radius 1 is 0.818 bits per heavy atom. The van der Waals surface area contributed by atoms with Crippen LogP contribution in [-0.4, -0.2) is 38.2 Å². The molecule has 0 radical (unpaired) electrons. The number of benzene rings is 3. The van der Waals surface area contributed by atoms with Gasteiger partial charge in [-0.15, -0.1) is 0 Å². The number of rotatable bonds is 8. The second-order valence-corrected chi connectivity index (χ2v) is 8.12. The van der Waals surface area contributed by atoms with Crippen LogP contribution in [-0.2, 0) is 13.2 Å². The van der Waals surface area contributed by atoms with E-state index in [0.29, 0.717) is 31.2 Å². The number of carbonyl (C=O) groups is 1. The first-order valence-corrected chi connectivity index (χ1v) is 11.1. The summed E-state index contributed by atoms with van der Waals surface area (Å²) >= 11 is 0. The third-order valence-corrected chi connectivity index (χ3v) is 5.84. The lowest BCUT2D eigenvalue weighted by Gasteiger charge is -2.36.